The zero-order valence-electron chi connectivity index (χ0n) is 28.3. The Morgan fingerprint density at radius 2 is 1.49 bits per heavy atom. The molecular weight excluding hydrogens is 685 g/mol. The summed E-state index contributed by atoms with van der Waals surface area (Å²) < 4.78 is 34.9. The molecule has 2 aliphatic rings. The van der Waals surface area contributed by atoms with Crippen LogP contribution in [0.3, 0.4) is 0 Å². The van der Waals surface area contributed by atoms with Crippen molar-refractivity contribution in [2.24, 2.45) is 0 Å². The number of anilines is 3. The standard InChI is InChI=1S/C21H23ClFNO5.C16H16N2O4/c1-2-3-6-9-28-19(25)12-29-18-11-17(16(23)10-15(18)22)24-20(26)13-7-4-5-8-14(13)21(24)27;1-2-21-15(19)18-13-9-6-10-14(11-13)22-16(20)17-12-7-4-3-5-8-12/h10-11H,2-9,12H2,1H3;3-11H,2H2,1H3,(H,17,20)(H,18,19). The average Bonchev–Trinajstić information content (AvgIpc) is 3.36. The van der Waals surface area contributed by atoms with Gasteiger partial charge in [-0.25, -0.2) is 23.7 Å². The monoisotopic (exact) mass is 723 g/mol. The van der Waals surface area contributed by atoms with Crippen molar-refractivity contribution >= 4 is 58.6 Å². The number of unbranched alkanes of at least 4 members (excludes halogenated alkanes) is 2. The molecule has 3 aromatic carbocycles. The van der Waals surface area contributed by atoms with Crippen LogP contribution in [0, 0.1) is 5.82 Å². The van der Waals surface area contributed by atoms with E-state index in [1.54, 1.807) is 49.4 Å². The number of para-hydroxylation sites is 1. The summed E-state index contributed by atoms with van der Waals surface area (Å²) in [5, 5.41) is 5.06. The summed E-state index contributed by atoms with van der Waals surface area (Å²) in [4.78, 5) is 61.1. The number of carbonyl (C=O) groups is 5. The van der Waals surface area contributed by atoms with Gasteiger partial charge in [-0.3, -0.25) is 20.2 Å². The Morgan fingerprint density at radius 1 is 0.824 bits per heavy atom. The van der Waals surface area contributed by atoms with E-state index in [4.69, 9.17) is 30.5 Å². The fourth-order valence-electron chi connectivity index (χ4n) is 5.17. The molecule has 1 heterocycles. The lowest BCUT2D eigenvalue weighted by atomic mass is 9.93. The van der Waals surface area contributed by atoms with Crippen molar-refractivity contribution in [1.82, 2.24) is 0 Å². The van der Waals surface area contributed by atoms with Gasteiger partial charge in [0.1, 0.15) is 17.3 Å². The van der Waals surface area contributed by atoms with Crippen molar-refractivity contribution in [2.75, 3.05) is 35.4 Å². The number of halogens is 2. The molecule has 2 N–H and O–H groups in total. The minimum absolute atomic E-state index is 0.000883. The van der Waals surface area contributed by atoms with Crippen LogP contribution < -0.4 is 25.0 Å². The molecule has 0 fully saturated rings. The predicted octanol–water partition coefficient (Wildman–Crippen LogP) is 8.20. The molecule has 3 aromatic rings. The number of imide groups is 1. The molecule has 12 nitrogen and oxygen atoms in total. The normalized spacial score (nSPS) is 13.5. The molecule has 0 saturated heterocycles. The molecule has 0 saturated carbocycles. The Labute approximate surface area is 299 Å². The highest BCUT2D eigenvalue weighted by Crippen LogP contribution is 2.39. The van der Waals surface area contributed by atoms with Crippen LogP contribution in [-0.4, -0.2) is 49.8 Å². The van der Waals surface area contributed by atoms with Gasteiger partial charge in [0.15, 0.2) is 6.61 Å². The molecule has 270 valence electrons. The van der Waals surface area contributed by atoms with E-state index in [2.05, 4.69) is 10.6 Å². The Bertz CT molecular complexity index is 1740. The molecular formula is C37H39ClFN3O9. The minimum atomic E-state index is -0.814. The zero-order valence-corrected chi connectivity index (χ0v) is 29.1. The second kappa shape index (κ2) is 19.1. The molecule has 0 bridgehead atoms. The van der Waals surface area contributed by atoms with E-state index in [1.807, 2.05) is 13.0 Å². The first-order valence-electron chi connectivity index (χ1n) is 16.6. The maximum atomic E-state index is 14.5. The van der Waals surface area contributed by atoms with Crippen molar-refractivity contribution < 1.29 is 47.3 Å². The summed E-state index contributed by atoms with van der Waals surface area (Å²) in [6.45, 7) is 3.93. The van der Waals surface area contributed by atoms with E-state index < -0.39 is 42.4 Å². The number of nitrogens with zero attached hydrogens (tertiary/aromatic N) is 1. The summed E-state index contributed by atoms with van der Waals surface area (Å²) >= 11 is 6.02. The minimum Gasteiger partial charge on any atom is -0.480 e. The van der Waals surface area contributed by atoms with Gasteiger partial charge in [-0.15, -0.1) is 0 Å². The number of hydrogen-bond donors (Lipinski definition) is 2. The quantitative estimate of drug-likeness (QED) is 0.107. The van der Waals surface area contributed by atoms with Gasteiger partial charge < -0.3 is 18.9 Å². The maximum absolute atomic E-state index is 14.5. The Morgan fingerprint density at radius 3 is 2.16 bits per heavy atom. The van der Waals surface area contributed by atoms with Gasteiger partial charge in [-0.2, -0.15) is 0 Å². The molecule has 51 heavy (non-hydrogen) atoms. The number of hydrogen-bond acceptors (Lipinski definition) is 9. The van der Waals surface area contributed by atoms with E-state index in [-0.39, 0.29) is 23.1 Å². The molecule has 0 spiro atoms. The first-order chi connectivity index (χ1) is 24.6. The lowest BCUT2D eigenvalue weighted by Gasteiger charge is -2.18. The van der Waals surface area contributed by atoms with Crippen LogP contribution >= 0.6 is 11.6 Å². The van der Waals surface area contributed by atoms with Gasteiger partial charge in [0, 0.05) is 34.7 Å². The van der Waals surface area contributed by atoms with Crippen LogP contribution in [0.2, 0.25) is 5.02 Å². The van der Waals surface area contributed by atoms with E-state index in [9.17, 15) is 28.4 Å². The third-order valence-electron chi connectivity index (χ3n) is 7.58. The lowest BCUT2D eigenvalue weighted by molar-refractivity contribution is -0.146. The molecule has 0 radical (unpaired) electrons. The molecule has 5 rings (SSSR count). The average molecular weight is 724 g/mol. The lowest BCUT2D eigenvalue weighted by Crippen LogP contribution is -2.32. The Kier molecular flexibility index (Phi) is 14.4. The predicted molar refractivity (Wildman–Crippen MR) is 189 cm³/mol. The third-order valence-corrected chi connectivity index (χ3v) is 7.87. The van der Waals surface area contributed by atoms with E-state index >= 15 is 0 Å². The van der Waals surface area contributed by atoms with Crippen molar-refractivity contribution in [3.63, 3.8) is 0 Å². The first kappa shape index (κ1) is 38.4. The van der Waals surface area contributed by atoms with Crippen molar-refractivity contribution in [2.45, 2.75) is 58.8 Å². The topological polar surface area (TPSA) is 150 Å². The van der Waals surface area contributed by atoms with Gasteiger partial charge >= 0.3 is 18.2 Å². The number of nitrogens with one attached hydrogen (secondary N) is 2. The third kappa shape index (κ3) is 11.0. The molecule has 0 atom stereocenters. The Hall–Kier alpha value is -5.43. The summed E-state index contributed by atoms with van der Waals surface area (Å²) in [5.41, 5.74) is 1.78. The summed E-state index contributed by atoms with van der Waals surface area (Å²) in [7, 11) is 0. The number of amides is 4. The van der Waals surface area contributed by atoms with Crippen LogP contribution in [0.15, 0.2) is 77.9 Å². The maximum Gasteiger partial charge on any atom is 0.417 e. The van der Waals surface area contributed by atoms with E-state index in [0.29, 0.717) is 47.7 Å². The number of carbonyl (C=O) groups excluding carboxylic acids is 5. The molecule has 1 aliphatic heterocycles. The SMILES string of the molecule is CCCCCOC(=O)COc1cc(N2C(=O)C3=C(CCCC3)C2=O)c(F)cc1Cl.CCOC(=O)Nc1cccc(OC(=O)Nc2ccccc2)c1. The summed E-state index contributed by atoms with van der Waals surface area (Å²) in [5.74, 6) is -2.10. The highest BCUT2D eigenvalue weighted by Gasteiger charge is 2.41. The van der Waals surface area contributed by atoms with Crippen molar-refractivity contribution in [3.8, 4) is 11.5 Å². The number of rotatable bonds is 12. The van der Waals surface area contributed by atoms with Gasteiger partial charge in [0.2, 0.25) is 0 Å². The number of esters is 1. The second-order valence-corrected chi connectivity index (χ2v) is 11.7. The molecule has 1 aliphatic carbocycles. The first-order valence-corrected chi connectivity index (χ1v) is 16.9. The highest BCUT2D eigenvalue weighted by molar-refractivity contribution is 6.34. The van der Waals surface area contributed by atoms with Crippen LogP contribution in [-0.2, 0) is 23.9 Å². The van der Waals surface area contributed by atoms with Crippen molar-refractivity contribution in [1.29, 1.82) is 0 Å². The highest BCUT2D eigenvalue weighted by atomic mass is 35.5. The van der Waals surface area contributed by atoms with Crippen LogP contribution in [0.1, 0.15) is 58.8 Å². The van der Waals surface area contributed by atoms with E-state index in [1.165, 1.54) is 12.1 Å². The number of ether oxygens (including phenoxy) is 4. The fraction of sp³-hybridized carbons (Fsp3) is 0.324. The zero-order chi connectivity index (χ0) is 36.8. The molecule has 0 unspecified atom stereocenters. The molecule has 14 heteroatoms. The number of benzene rings is 3. The molecule has 0 aromatic heterocycles. The van der Waals surface area contributed by atoms with Crippen molar-refractivity contribution in [3.05, 3.63) is 88.7 Å². The summed E-state index contributed by atoms with van der Waals surface area (Å²) in [6, 6.07) is 17.6. The van der Waals surface area contributed by atoms with Gasteiger partial charge in [-0.05, 0) is 69.4 Å². The smallest absolute Gasteiger partial charge is 0.417 e. The van der Waals surface area contributed by atoms with Crippen LogP contribution in [0.25, 0.3) is 0 Å². The van der Waals surface area contributed by atoms with Gasteiger partial charge in [-0.1, -0.05) is 55.6 Å². The van der Waals surface area contributed by atoms with Gasteiger partial charge in [0.05, 0.1) is 23.9 Å². The van der Waals surface area contributed by atoms with Gasteiger partial charge in [0.25, 0.3) is 11.8 Å². The Balaban J connectivity index is 0.000000238. The second-order valence-electron chi connectivity index (χ2n) is 11.3. The van der Waals surface area contributed by atoms with Crippen LogP contribution in [0.5, 0.6) is 11.5 Å². The largest absolute Gasteiger partial charge is 0.480 e. The summed E-state index contributed by atoms with van der Waals surface area (Å²) in [6.07, 6.45) is 4.23. The molecule has 4 amide bonds. The van der Waals surface area contributed by atoms with E-state index in [0.717, 1.165) is 43.1 Å². The van der Waals surface area contributed by atoms with Crippen LogP contribution in [0.4, 0.5) is 31.0 Å². The fourth-order valence-corrected chi connectivity index (χ4v) is 5.37.